The third-order valence-electron chi connectivity index (χ3n) is 4.33. The van der Waals surface area contributed by atoms with Crippen LogP contribution in [-0.2, 0) is 0 Å². The summed E-state index contributed by atoms with van der Waals surface area (Å²) in [7, 11) is 0. The number of nitrogens with zero attached hydrogens (tertiary/aromatic N) is 1. The SMILES string of the molecule is CC[C@H](CN[C@H]1CCC[C@@H](C#N)C1)Oc1ccccc1C. The van der Waals surface area contributed by atoms with E-state index in [9.17, 15) is 0 Å². The Hall–Kier alpha value is -1.53. The fraction of sp³-hybridized carbons (Fsp3) is 0.611. The molecule has 0 bridgehead atoms. The number of rotatable bonds is 6. The summed E-state index contributed by atoms with van der Waals surface area (Å²) in [5.41, 5.74) is 1.18. The zero-order valence-corrected chi connectivity index (χ0v) is 13.1. The highest BCUT2D eigenvalue weighted by Gasteiger charge is 2.22. The summed E-state index contributed by atoms with van der Waals surface area (Å²) in [6.45, 7) is 5.09. The number of benzene rings is 1. The van der Waals surface area contributed by atoms with Gasteiger partial charge in [-0.25, -0.2) is 0 Å². The molecule has 3 heteroatoms. The molecule has 3 nitrogen and oxygen atoms in total. The third kappa shape index (κ3) is 4.75. The Morgan fingerprint density at radius 3 is 2.90 bits per heavy atom. The molecule has 0 radical (unpaired) electrons. The Morgan fingerprint density at radius 1 is 1.38 bits per heavy atom. The fourth-order valence-corrected chi connectivity index (χ4v) is 2.93. The molecule has 1 N–H and O–H groups in total. The lowest BCUT2D eigenvalue weighted by atomic mass is 9.86. The Morgan fingerprint density at radius 2 is 2.19 bits per heavy atom. The number of nitriles is 1. The van der Waals surface area contributed by atoms with Crippen molar-refractivity contribution in [3.8, 4) is 11.8 Å². The van der Waals surface area contributed by atoms with Crippen LogP contribution in [0.5, 0.6) is 5.75 Å². The van der Waals surface area contributed by atoms with Gasteiger partial charge >= 0.3 is 0 Å². The summed E-state index contributed by atoms with van der Waals surface area (Å²) in [6.07, 6.45) is 5.55. The Bertz CT molecular complexity index is 480. The minimum absolute atomic E-state index is 0.188. The lowest BCUT2D eigenvalue weighted by molar-refractivity contribution is 0.180. The predicted octanol–water partition coefficient (Wildman–Crippen LogP) is 3.82. The van der Waals surface area contributed by atoms with E-state index in [1.54, 1.807) is 0 Å². The van der Waals surface area contributed by atoms with Crippen molar-refractivity contribution in [2.45, 2.75) is 58.1 Å². The van der Waals surface area contributed by atoms with Crippen LogP contribution < -0.4 is 10.1 Å². The first-order valence-corrected chi connectivity index (χ1v) is 8.08. The number of aryl methyl sites for hydroxylation is 1. The van der Waals surface area contributed by atoms with Crippen molar-refractivity contribution < 1.29 is 4.74 Å². The van der Waals surface area contributed by atoms with E-state index in [4.69, 9.17) is 10.00 Å². The highest BCUT2D eigenvalue weighted by molar-refractivity contribution is 5.31. The first-order chi connectivity index (χ1) is 10.2. The number of hydrogen-bond donors (Lipinski definition) is 1. The molecule has 0 heterocycles. The smallest absolute Gasteiger partial charge is 0.122 e. The lowest BCUT2D eigenvalue weighted by Gasteiger charge is -2.28. The maximum Gasteiger partial charge on any atom is 0.122 e. The van der Waals surface area contributed by atoms with Crippen molar-refractivity contribution in [2.75, 3.05) is 6.54 Å². The van der Waals surface area contributed by atoms with Crippen molar-refractivity contribution in [1.29, 1.82) is 5.26 Å². The van der Waals surface area contributed by atoms with Crippen molar-refractivity contribution in [3.63, 3.8) is 0 Å². The molecule has 1 aliphatic rings. The van der Waals surface area contributed by atoms with Gasteiger partial charge in [0.15, 0.2) is 0 Å². The zero-order valence-electron chi connectivity index (χ0n) is 13.1. The highest BCUT2D eigenvalue weighted by atomic mass is 16.5. The second kappa shape index (κ2) is 8.05. The summed E-state index contributed by atoms with van der Waals surface area (Å²) in [6, 6.07) is 11.0. The number of nitrogens with one attached hydrogen (secondary N) is 1. The van der Waals surface area contributed by atoms with E-state index in [0.29, 0.717) is 6.04 Å². The highest BCUT2D eigenvalue weighted by Crippen LogP contribution is 2.24. The summed E-state index contributed by atoms with van der Waals surface area (Å²) in [4.78, 5) is 0. The van der Waals surface area contributed by atoms with Crippen LogP contribution in [0.15, 0.2) is 24.3 Å². The van der Waals surface area contributed by atoms with Gasteiger partial charge < -0.3 is 10.1 Å². The molecule has 0 saturated heterocycles. The molecule has 0 amide bonds. The van der Waals surface area contributed by atoms with Gasteiger partial charge in [0.1, 0.15) is 11.9 Å². The van der Waals surface area contributed by atoms with Gasteiger partial charge in [0.05, 0.1) is 6.07 Å². The molecule has 2 rings (SSSR count). The molecular formula is C18H26N2O. The molecule has 1 aromatic carbocycles. The average Bonchev–Trinajstić information content (AvgIpc) is 2.53. The van der Waals surface area contributed by atoms with Crippen molar-refractivity contribution in [1.82, 2.24) is 5.32 Å². The molecule has 1 fully saturated rings. The molecule has 1 aliphatic carbocycles. The second-order valence-corrected chi connectivity index (χ2v) is 6.01. The topological polar surface area (TPSA) is 45.0 Å². The molecule has 1 aromatic rings. The van der Waals surface area contributed by atoms with Crippen molar-refractivity contribution >= 4 is 0 Å². The minimum Gasteiger partial charge on any atom is -0.489 e. The average molecular weight is 286 g/mol. The lowest BCUT2D eigenvalue weighted by Crippen LogP contribution is -2.40. The first-order valence-electron chi connectivity index (χ1n) is 8.08. The number of para-hydroxylation sites is 1. The Kier molecular flexibility index (Phi) is 6.07. The van der Waals surface area contributed by atoms with Gasteiger partial charge in [0.25, 0.3) is 0 Å². The zero-order chi connectivity index (χ0) is 15.1. The van der Waals surface area contributed by atoms with E-state index in [-0.39, 0.29) is 12.0 Å². The van der Waals surface area contributed by atoms with Gasteiger partial charge in [-0.2, -0.15) is 5.26 Å². The third-order valence-corrected chi connectivity index (χ3v) is 4.33. The van der Waals surface area contributed by atoms with Crippen LogP contribution in [0.4, 0.5) is 0 Å². The van der Waals surface area contributed by atoms with Crippen LogP contribution in [0.25, 0.3) is 0 Å². The molecule has 0 spiro atoms. The van der Waals surface area contributed by atoms with Crippen molar-refractivity contribution in [3.05, 3.63) is 29.8 Å². The van der Waals surface area contributed by atoms with Gasteiger partial charge in [-0.05, 0) is 44.2 Å². The largest absolute Gasteiger partial charge is 0.489 e. The first kappa shape index (κ1) is 15.9. The molecule has 21 heavy (non-hydrogen) atoms. The number of ether oxygens (including phenoxy) is 1. The summed E-state index contributed by atoms with van der Waals surface area (Å²) < 4.78 is 6.11. The van der Waals surface area contributed by atoms with Gasteiger partial charge in [-0.3, -0.25) is 0 Å². The fourth-order valence-electron chi connectivity index (χ4n) is 2.93. The van der Waals surface area contributed by atoms with Crippen LogP contribution in [0.2, 0.25) is 0 Å². The van der Waals surface area contributed by atoms with Crippen LogP contribution in [0.1, 0.15) is 44.6 Å². The van der Waals surface area contributed by atoms with Crippen LogP contribution in [-0.4, -0.2) is 18.7 Å². The normalized spacial score (nSPS) is 23.3. The summed E-state index contributed by atoms with van der Waals surface area (Å²) >= 11 is 0. The molecule has 114 valence electrons. The Balaban J connectivity index is 1.83. The molecule has 0 aliphatic heterocycles. The van der Waals surface area contributed by atoms with Crippen LogP contribution in [0, 0.1) is 24.2 Å². The Labute approximate surface area is 128 Å². The molecule has 3 atom stereocenters. The van der Waals surface area contributed by atoms with Gasteiger partial charge in [0, 0.05) is 18.5 Å². The molecule has 0 unspecified atom stereocenters. The van der Waals surface area contributed by atoms with Crippen LogP contribution in [0.3, 0.4) is 0 Å². The van der Waals surface area contributed by atoms with Gasteiger partial charge in [-0.1, -0.05) is 31.5 Å². The predicted molar refractivity (Wildman–Crippen MR) is 85.2 cm³/mol. The maximum atomic E-state index is 9.06. The van der Waals surface area contributed by atoms with E-state index in [2.05, 4.69) is 31.3 Å². The van der Waals surface area contributed by atoms with E-state index < -0.39 is 0 Å². The maximum absolute atomic E-state index is 9.06. The molecular weight excluding hydrogens is 260 g/mol. The van der Waals surface area contributed by atoms with E-state index in [0.717, 1.165) is 38.0 Å². The quantitative estimate of drug-likeness (QED) is 0.864. The second-order valence-electron chi connectivity index (χ2n) is 6.01. The van der Waals surface area contributed by atoms with Crippen molar-refractivity contribution in [2.24, 2.45) is 5.92 Å². The van der Waals surface area contributed by atoms with E-state index >= 15 is 0 Å². The monoisotopic (exact) mass is 286 g/mol. The summed E-state index contributed by atoms with van der Waals surface area (Å²) in [5.74, 6) is 1.21. The molecule has 1 saturated carbocycles. The van der Waals surface area contributed by atoms with Gasteiger partial charge in [0.2, 0.25) is 0 Å². The number of hydrogen-bond acceptors (Lipinski definition) is 3. The minimum atomic E-state index is 0.188. The standard InChI is InChI=1S/C18H26N2O/c1-3-17(21-18-10-5-4-7-14(18)2)13-20-16-9-6-8-15(11-16)12-19/h4-5,7,10,15-17,20H,3,6,8-9,11,13H2,1-2H3/t15-,16+,17-/m1/s1. The van der Waals surface area contributed by atoms with Crippen LogP contribution >= 0.6 is 0 Å². The molecule has 0 aromatic heterocycles. The van der Waals surface area contributed by atoms with E-state index in [1.807, 2.05) is 18.2 Å². The summed E-state index contributed by atoms with van der Waals surface area (Å²) in [5, 5.41) is 12.7. The van der Waals surface area contributed by atoms with Gasteiger partial charge in [-0.15, -0.1) is 0 Å². The van der Waals surface area contributed by atoms with E-state index in [1.165, 1.54) is 12.0 Å².